The summed E-state index contributed by atoms with van der Waals surface area (Å²) < 4.78 is 5.64. The monoisotopic (exact) mass is 276 g/mol. The van der Waals surface area contributed by atoms with Crippen molar-refractivity contribution in [2.24, 2.45) is 5.73 Å². The minimum Gasteiger partial charge on any atom is -0.494 e. The summed E-state index contributed by atoms with van der Waals surface area (Å²) >= 11 is 0. The van der Waals surface area contributed by atoms with Gasteiger partial charge in [-0.15, -0.1) is 0 Å². The molecule has 2 rings (SSSR count). The smallest absolute Gasteiger partial charge is 0.237 e. The van der Waals surface area contributed by atoms with E-state index in [0.29, 0.717) is 12.6 Å². The Morgan fingerprint density at radius 2 is 2.05 bits per heavy atom. The third-order valence-corrected chi connectivity index (χ3v) is 3.73. The molecule has 1 atom stereocenters. The highest BCUT2D eigenvalue weighted by molar-refractivity contribution is 5.84. The van der Waals surface area contributed by atoms with Crippen LogP contribution in [0.25, 0.3) is 0 Å². The molecule has 0 aliphatic heterocycles. The number of nitrogens with two attached hydrogens (primary N) is 1. The fourth-order valence-electron chi connectivity index (χ4n) is 2.23. The van der Waals surface area contributed by atoms with Crippen LogP contribution in [0.1, 0.15) is 39.0 Å². The van der Waals surface area contributed by atoms with Gasteiger partial charge in [-0.2, -0.15) is 0 Å². The van der Waals surface area contributed by atoms with Crippen LogP contribution in [0, 0.1) is 0 Å². The van der Waals surface area contributed by atoms with Crippen LogP contribution in [-0.4, -0.2) is 24.1 Å². The fourth-order valence-corrected chi connectivity index (χ4v) is 2.23. The summed E-state index contributed by atoms with van der Waals surface area (Å²) in [6, 6.07) is 10.3. The SMILES string of the molecule is CC(CCCCOc1ccccc1)(NC1CC1)C(N)=O. The zero-order valence-electron chi connectivity index (χ0n) is 12.1. The van der Waals surface area contributed by atoms with E-state index in [9.17, 15) is 4.79 Å². The first-order valence-corrected chi connectivity index (χ1v) is 7.36. The predicted octanol–water partition coefficient (Wildman–Crippen LogP) is 2.23. The maximum atomic E-state index is 11.6. The second kappa shape index (κ2) is 6.75. The van der Waals surface area contributed by atoms with Crippen molar-refractivity contribution < 1.29 is 9.53 Å². The zero-order valence-corrected chi connectivity index (χ0v) is 12.1. The van der Waals surface area contributed by atoms with Crippen LogP contribution in [0.2, 0.25) is 0 Å². The molecular weight excluding hydrogens is 252 g/mol. The van der Waals surface area contributed by atoms with Crippen molar-refractivity contribution in [3.8, 4) is 5.75 Å². The normalized spacial score (nSPS) is 17.4. The molecule has 4 heteroatoms. The molecular formula is C16H24N2O2. The Bertz CT molecular complexity index is 431. The summed E-state index contributed by atoms with van der Waals surface area (Å²) in [6.45, 7) is 2.58. The molecule has 0 radical (unpaired) electrons. The van der Waals surface area contributed by atoms with Crippen LogP contribution in [0.15, 0.2) is 30.3 Å². The molecule has 1 fully saturated rings. The highest BCUT2D eigenvalue weighted by Gasteiger charge is 2.36. The Kier molecular flexibility index (Phi) is 5.01. The van der Waals surface area contributed by atoms with Gasteiger partial charge in [-0.1, -0.05) is 18.2 Å². The summed E-state index contributed by atoms with van der Waals surface area (Å²) in [5.74, 6) is 0.634. The largest absolute Gasteiger partial charge is 0.494 e. The summed E-state index contributed by atoms with van der Waals surface area (Å²) in [5.41, 5.74) is 4.94. The number of ether oxygens (including phenoxy) is 1. The molecule has 0 saturated heterocycles. The number of carbonyl (C=O) groups excluding carboxylic acids is 1. The van der Waals surface area contributed by atoms with Crippen LogP contribution in [0.5, 0.6) is 5.75 Å². The lowest BCUT2D eigenvalue weighted by molar-refractivity contribution is -0.124. The summed E-state index contributed by atoms with van der Waals surface area (Å²) in [4.78, 5) is 11.6. The molecule has 1 amide bonds. The molecule has 0 bridgehead atoms. The highest BCUT2D eigenvalue weighted by Crippen LogP contribution is 2.25. The first-order chi connectivity index (χ1) is 9.60. The maximum absolute atomic E-state index is 11.6. The summed E-state index contributed by atoms with van der Waals surface area (Å²) in [5, 5.41) is 3.36. The minimum absolute atomic E-state index is 0.256. The summed E-state index contributed by atoms with van der Waals surface area (Å²) in [7, 11) is 0. The maximum Gasteiger partial charge on any atom is 0.237 e. The van der Waals surface area contributed by atoms with Gasteiger partial charge in [-0.05, 0) is 51.2 Å². The molecule has 1 unspecified atom stereocenters. The lowest BCUT2D eigenvalue weighted by Crippen LogP contribution is -2.53. The van der Waals surface area contributed by atoms with E-state index in [0.717, 1.165) is 37.9 Å². The quantitative estimate of drug-likeness (QED) is 0.680. The topological polar surface area (TPSA) is 64.3 Å². The Labute approximate surface area is 120 Å². The van der Waals surface area contributed by atoms with Gasteiger partial charge in [0.25, 0.3) is 0 Å². The lowest BCUT2D eigenvalue weighted by atomic mass is 9.94. The first-order valence-electron chi connectivity index (χ1n) is 7.36. The van der Waals surface area contributed by atoms with Gasteiger partial charge in [0.15, 0.2) is 0 Å². The lowest BCUT2D eigenvalue weighted by Gasteiger charge is -2.27. The standard InChI is InChI=1S/C16H24N2O2/c1-16(15(17)19,18-13-9-10-13)11-5-6-12-20-14-7-3-2-4-8-14/h2-4,7-8,13,18H,5-6,9-12H2,1H3,(H2,17,19). The molecule has 0 spiro atoms. The molecule has 1 saturated carbocycles. The van der Waals surface area contributed by atoms with Crippen LogP contribution in [0.4, 0.5) is 0 Å². The van der Waals surface area contributed by atoms with E-state index in [-0.39, 0.29) is 5.91 Å². The second-order valence-corrected chi connectivity index (χ2v) is 5.73. The average Bonchev–Trinajstić information content (AvgIpc) is 3.23. The molecule has 1 aromatic rings. The van der Waals surface area contributed by atoms with E-state index >= 15 is 0 Å². The van der Waals surface area contributed by atoms with Gasteiger partial charge in [0.2, 0.25) is 5.91 Å². The molecule has 110 valence electrons. The van der Waals surface area contributed by atoms with Gasteiger partial charge in [-0.25, -0.2) is 0 Å². The van der Waals surface area contributed by atoms with Crippen molar-refractivity contribution in [3.05, 3.63) is 30.3 Å². The van der Waals surface area contributed by atoms with Gasteiger partial charge in [0, 0.05) is 6.04 Å². The Balaban J connectivity index is 1.67. The van der Waals surface area contributed by atoms with Gasteiger partial charge in [-0.3, -0.25) is 4.79 Å². The number of para-hydroxylation sites is 1. The van der Waals surface area contributed by atoms with Crippen LogP contribution >= 0.6 is 0 Å². The highest BCUT2D eigenvalue weighted by atomic mass is 16.5. The number of carbonyl (C=O) groups is 1. The molecule has 1 aliphatic rings. The van der Waals surface area contributed by atoms with E-state index in [1.165, 1.54) is 0 Å². The minimum atomic E-state index is -0.575. The van der Waals surface area contributed by atoms with Crippen LogP contribution in [0.3, 0.4) is 0 Å². The van der Waals surface area contributed by atoms with E-state index in [1.54, 1.807) is 0 Å². The first kappa shape index (κ1) is 14.9. The van der Waals surface area contributed by atoms with Crippen molar-refractivity contribution in [2.75, 3.05) is 6.61 Å². The number of unbranched alkanes of at least 4 members (excludes halogenated alkanes) is 1. The molecule has 1 aromatic carbocycles. The molecule has 4 nitrogen and oxygen atoms in total. The number of hydrogen-bond donors (Lipinski definition) is 2. The molecule has 3 N–H and O–H groups in total. The van der Waals surface area contributed by atoms with E-state index in [4.69, 9.17) is 10.5 Å². The predicted molar refractivity (Wildman–Crippen MR) is 79.5 cm³/mol. The van der Waals surface area contributed by atoms with Crippen molar-refractivity contribution >= 4 is 5.91 Å². The van der Waals surface area contributed by atoms with Crippen molar-refractivity contribution in [2.45, 2.75) is 50.6 Å². The Morgan fingerprint density at radius 1 is 1.35 bits per heavy atom. The van der Waals surface area contributed by atoms with Crippen LogP contribution in [-0.2, 0) is 4.79 Å². The third-order valence-electron chi connectivity index (χ3n) is 3.73. The molecule has 20 heavy (non-hydrogen) atoms. The number of benzene rings is 1. The number of primary amides is 1. The van der Waals surface area contributed by atoms with Gasteiger partial charge >= 0.3 is 0 Å². The number of rotatable bonds is 9. The summed E-state index contributed by atoms with van der Waals surface area (Å²) in [6.07, 6.45) is 4.91. The van der Waals surface area contributed by atoms with Gasteiger partial charge < -0.3 is 15.8 Å². The van der Waals surface area contributed by atoms with E-state index in [2.05, 4.69) is 5.32 Å². The van der Waals surface area contributed by atoms with Gasteiger partial charge in [0.1, 0.15) is 5.75 Å². The van der Waals surface area contributed by atoms with Crippen molar-refractivity contribution in [1.82, 2.24) is 5.32 Å². The third kappa shape index (κ3) is 4.53. The molecule has 0 aromatic heterocycles. The number of amides is 1. The van der Waals surface area contributed by atoms with Crippen molar-refractivity contribution in [1.29, 1.82) is 0 Å². The van der Waals surface area contributed by atoms with E-state index in [1.807, 2.05) is 37.3 Å². The Morgan fingerprint density at radius 3 is 2.65 bits per heavy atom. The number of nitrogens with one attached hydrogen (secondary N) is 1. The van der Waals surface area contributed by atoms with Crippen LogP contribution < -0.4 is 15.8 Å². The zero-order chi connectivity index (χ0) is 14.4. The fraction of sp³-hybridized carbons (Fsp3) is 0.562. The number of hydrogen-bond acceptors (Lipinski definition) is 3. The van der Waals surface area contributed by atoms with Crippen molar-refractivity contribution in [3.63, 3.8) is 0 Å². The van der Waals surface area contributed by atoms with E-state index < -0.39 is 5.54 Å². The average molecular weight is 276 g/mol. The molecule has 1 aliphatic carbocycles. The second-order valence-electron chi connectivity index (χ2n) is 5.73. The Hall–Kier alpha value is -1.55. The van der Waals surface area contributed by atoms with Gasteiger partial charge in [0.05, 0.1) is 12.1 Å². The molecule has 0 heterocycles.